The van der Waals surface area contributed by atoms with Crippen LogP contribution in [0.4, 0.5) is 5.00 Å². The molecular weight excluding hydrogens is 523 g/mol. The highest BCUT2D eigenvalue weighted by Gasteiger charge is 2.32. The van der Waals surface area contributed by atoms with Gasteiger partial charge < -0.3 is 10.6 Å². The lowest BCUT2D eigenvalue weighted by atomic mass is 9.95. The van der Waals surface area contributed by atoms with Crippen LogP contribution in [0.5, 0.6) is 0 Å². The van der Waals surface area contributed by atoms with E-state index in [1.54, 1.807) is 12.1 Å². The maximum absolute atomic E-state index is 13.2. The van der Waals surface area contributed by atoms with Gasteiger partial charge in [-0.1, -0.05) is 29.3 Å². The van der Waals surface area contributed by atoms with Gasteiger partial charge in [-0.25, -0.2) is 8.42 Å². The second-order valence-electron chi connectivity index (χ2n) is 8.30. The van der Waals surface area contributed by atoms with Gasteiger partial charge in [0.2, 0.25) is 0 Å². The Bertz CT molecular complexity index is 1390. The van der Waals surface area contributed by atoms with Crippen LogP contribution < -0.4 is 10.6 Å². The number of fused-ring (bicyclic) bond motifs is 2. The standard InChI is InChI=1S/C22H20Cl2N2O4S3/c23-13-5-3-7-15-17(13)18(24)19(31-15)21(28)26-22-16(12-4-1-2-6-14(12)32-22)20(27)25-11-8-9-33(29,30)10-11/h3,5,7,11H,1-2,4,6,8-10H2,(H,25,27)(H,26,28)/t11-/m1/s1. The van der Waals surface area contributed by atoms with E-state index in [0.717, 1.165) is 40.8 Å². The van der Waals surface area contributed by atoms with E-state index in [0.29, 0.717) is 37.3 Å². The number of hydrogen-bond donors (Lipinski definition) is 2. The molecule has 3 heterocycles. The van der Waals surface area contributed by atoms with Gasteiger partial charge in [-0.15, -0.1) is 22.7 Å². The van der Waals surface area contributed by atoms with E-state index in [2.05, 4.69) is 10.6 Å². The maximum Gasteiger partial charge on any atom is 0.267 e. The first-order chi connectivity index (χ1) is 15.7. The molecule has 0 radical (unpaired) electrons. The molecule has 33 heavy (non-hydrogen) atoms. The Morgan fingerprint density at radius 1 is 1.06 bits per heavy atom. The molecule has 0 bridgehead atoms. The maximum atomic E-state index is 13.2. The third-order valence-electron chi connectivity index (χ3n) is 6.01. The van der Waals surface area contributed by atoms with Gasteiger partial charge in [0.15, 0.2) is 9.84 Å². The molecule has 1 saturated heterocycles. The van der Waals surface area contributed by atoms with Crippen LogP contribution in [0.15, 0.2) is 18.2 Å². The van der Waals surface area contributed by atoms with E-state index in [4.69, 9.17) is 23.2 Å². The number of hydrogen-bond acceptors (Lipinski definition) is 6. The fourth-order valence-electron chi connectivity index (χ4n) is 4.44. The first kappa shape index (κ1) is 23.1. The summed E-state index contributed by atoms with van der Waals surface area (Å²) < 4.78 is 24.4. The number of rotatable bonds is 4. The number of halogens is 2. The normalized spacial score (nSPS) is 19.4. The summed E-state index contributed by atoms with van der Waals surface area (Å²) in [4.78, 5) is 27.9. The molecule has 6 nitrogen and oxygen atoms in total. The van der Waals surface area contributed by atoms with E-state index >= 15 is 0 Å². The topological polar surface area (TPSA) is 92.3 Å². The molecule has 1 fully saturated rings. The highest BCUT2D eigenvalue weighted by atomic mass is 35.5. The van der Waals surface area contributed by atoms with Crippen molar-refractivity contribution in [2.24, 2.45) is 0 Å². The highest BCUT2D eigenvalue weighted by Crippen LogP contribution is 2.42. The smallest absolute Gasteiger partial charge is 0.267 e. The molecule has 1 aliphatic carbocycles. The second-order valence-corrected chi connectivity index (χ2v) is 13.5. The van der Waals surface area contributed by atoms with Crippen LogP contribution in [0.1, 0.15) is 49.7 Å². The number of anilines is 1. The Morgan fingerprint density at radius 3 is 2.58 bits per heavy atom. The molecule has 174 valence electrons. The van der Waals surface area contributed by atoms with E-state index in [1.807, 2.05) is 6.07 Å². The summed E-state index contributed by atoms with van der Waals surface area (Å²) in [6.45, 7) is 0. The fraction of sp³-hybridized carbons (Fsp3) is 0.364. The number of aryl methyl sites for hydroxylation is 1. The molecular formula is C22H20Cl2N2O4S3. The molecule has 0 saturated carbocycles. The molecule has 0 spiro atoms. The fourth-order valence-corrected chi connectivity index (χ4v) is 9.24. The van der Waals surface area contributed by atoms with E-state index in [-0.39, 0.29) is 17.4 Å². The number of thiophene rings is 2. The summed E-state index contributed by atoms with van der Waals surface area (Å²) >= 11 is 15.4. The number of amides is 2. The molecule has 1 aromatic carbocycles. The molecule has 1 atom stereocenters. The average Bonchev–Trinajstić information content (AvgIpc) is 3.41. The third-order valence-corrected chi connectivity index (χ3v) is 10.9. The molecule has 2 aliphatic rings. The van der Waals surface area contributed by atoms with Crippen LogP contribution in [-0.2, 0) is 22.7 Å². The van der Waals surface area contributed by atoms with Crippen LogP contribution >= 0.6 is 45.9 Å². The Morgan fingerprint density at radius 2 is 1.85 bits per heavy atom. The van der Waals surface area contributed by atoms with Crippen molar-refractivity contribution < 1.29 is 18.0 Å². The SMILES string of the molecule is O=C(Nc1sc2c(c1C(=O)N[C@@H]1CCS(=O)(=O)C1)CCCC2)c1sc2cccc(Cl)c2c1Cl. The van der Waals surface area contributed by atoms with Crippen molar-refractivity contribution in [2.45, 2.75) is 38.1 Å². The summed E-state index contributed by atoms with van der Waals surface area (Å²) in [7, 11) is -3.12. The lowest BCUT2D eigenvalue weighted by Gasteiger charge is -2.15. The Kier molecular flexibility index (Phi) is 6.20. The summed E-state index contributed by atoms with van der Waals surface area (Å²) in [5.41, 5.74) is 1.40. The summed E-state index contributed by atoms with van der Waals surface area (Å²) in [5.74, 6) is -0.702. The lowest BCUT2D eigenvalue weighted by molar-refractivity contribution is 0.0941. The molecule has 2 amide bonds. The monoisotopic (exact) mass is 542 g/mol. The summed E-state index contributed by atoms with van der Waals surface area (Å²) in [6.07, 6.45) is 4.01. The Hall–Kier alpha value is -1.65. The van der Waals surface area contributed by atoms with Crippen LogP contribution in [0.25, 0.3) is 10.1 Å². The van der Waals surface area contributed by atoms with Gasteiger partial charge in [-0.2, -0.15) is 0 Å². The molecule has 2 aromatic heterocycles. The molecule has 5 rings (SSSR count). The zero-order valence-corrected chi connectivity index (χ0v) is 21.3. The van der Waals surface area contributed by atoms with Gasteiger partial charge in [0.25, 0.3) is 11.8 Å². The minimum absolute atomic E-state index is 0.0507. The Balaban J connectivity index is 1.47. The van der Waals surface area contributed by atoms with Crippen molar-refractivity contribution in [3.63, 3.8) is 0 Å². The van der Waals surface area contributed by atoms with Crippen molar-refractivity contribution in [1.82, 2.24) is 5.32 Å². The molecule has 3 aromatic rings. The van der Waals surface area contributed by atoms with Crippen molar-refractivity contribution in [3.05, 3.63) is 49.1 Å². The first-order valence-electron chi connectivity index (χ1n) is 10.6. The van der Waals surface area contributed by atoms with Gasteiger partial charge in [-0.3, -0.25) is 9.59 Å². The van der Waals surface area contributed by atoms with Gasteiger partial charge in [0.05, 0.1) is 27.1 Å². The van der Waals surface area contributed by atoms with Gasteiger partial charge in [0, 0.05) is 21.0 Å². The number of carbonyl (C=O) groups is 2. The van der Waals surface area contributed by atoms with Crippen LogP contribution in [0.2, 0.25) is 10.0 Å². The summed E-state index contributed by atoms with van der Waals surface area (Å²) in [6, 6.07) is 4.97. The quantitative estimate of drug-likeness (QED) is 0.466. The molecule has 2 N–H and O–H groups in total. The van der Waals surface area contributed by atoms with Crippen molar-refractivity contribution in [2.75, 3.05) is 16.8 Å². The predicted molar refractivity (Wildman–Crippen MR) is 135 cm³/mol. The number of benzene rings is 1. The number of carbonyl (C=O) groups excluding carboxylic acids is 2. The van der Waals surface area contributed by atoms with Crippen LogP contribution in [-0.4, -0.2) is 37.8 Å². The molecule has 1 aliphatic heterocycles. The molecule has 0 unspecified atom stereocenters. The van der Waals surface area contributed by atoms with Gasteiger partial charge in [0.1, 0.15) is 9.88 Å². The van der Waals surface area contributed by atoms with Gasteiger partial charge >= 0.3 is 0 Å². The molecule has 11 heteroatoms. The van der Waals surface area contributed by atoms with Crippen molar-refractivity contribution >= 4 is 82.6 Å². The number of nitrogens with one attached hydrogen (secondary N) is 2. The minimum atomic E-state index is -3.12. The number of sulfone groups is 1. The third kappa shape index (κ3) is 4.41. The second kappa shape index (κ2) is 8.85. The predicted octanol–water partition coefficient (Wildman–Crippen LogP) is 5.32. The first-order valence-corrected chi connectivity index (χ1v) is 14.8. The zero-order valence-electron chi connectivity index (χ0n) is 17.4. The minimum Gasteiger partial charge on any atom is -0.348 e. The van der Waals surface area contributed by atoms with E-state index < -0.39 is 21.8 Å². The summed E-state index contributed by atoms with van der Waals surface area (Å²) in [5, 5.41) is 7.68. The van der Waals surface area contributed by atoms with Crippen LogP contribution in [0.3, 0.4) is 0 Å². The lowest BCUT2D eigenvalue weighted by Crippen LogP contribution is -2.36. The van der Waals surface area contributed by atoms with E-state index in [1.165, 1.54) is 22.7 Å². The van der Waals surface area contributed by atoms with E-state index in [9.17, 15) is 18.0 Å². The largest absolute Gasteiger partial charge is 0.348 e. The van der Waals surface area contributed by atoms with Crippen molar-refractivity contribution in [3.8, 4) is 0 Å². The zero-order chi connectivity index (χ0) is 23.3. The van der Waals surface area contributed by atoms with Crippen molar-refractivity contribution in [1.29, 1.82) is 0 Å². The Labute approximate surface area is 209 Å². The average molecular weight is 544 g/mol. The highest BCUT2D eigenvalue weighted by molar-refractivity contribution is 7.91. The van der Waals surface area contributed by atoms with Crippen LogP contribution in [0, 0.1) is 0 Å². The van der Waals surface area contributed by atoms with Gasteiger partial charge in [-0.05, 0) is 49.8 Å².